The number of halogens is 1. The third-order valence-electron chi connectivity index (χ3n) is 4.75. The van der Waals surface area contributed by atoms with Gasteiger partial charge in [-0.3, -0.25) is 9.69 Å². The summed E-state index contributed by atoms with van der Waals surface area (Å²) in [5, 5.41) is 0.0459. The van der Waals surface area contributed by atoms with Crippen molar-refractivity contribution >= 4 is 38.9 Å². The largest absolute Gasteiger partial charge is 0.493 e. The average Bonchev–Trinajstić information content (AvgIpc) is 3.08. The Morgan fingerprint density at radius 3 is 2.48 bits per heavy atom. The monoisotopic (exact) mass is 492 g/mol. The minimum absolute atomic E-state index is 0.0459. The number of nitrogens with zero attached hydrogens (tertiary/aromatic N) is 2. The minimum Gasteiger partial charge on any atom is -0.493 e. The van der Waals surface area contributed by atoms with Crippen molar-refractivity contribution in [3.8, 4) is 11.5 Å². The highest BCUT2D eigenvalue weighted by Crippen LogP contribution is 2.35. The Balaban J connectivity index is 1.89. The summed E-state index contributed by atoms with van der Waals surface area (Å²) in [5.74, 6) is 0.250. The van der Waals surface area contributed by atoms with E-state index >= 15 is 0 Å². The van der Waals surface area contributed by atoms with Crippen molar-refractivity contribution in [3.63, 3.8) is 0 Å². The minimum atomic E-state index is -4.11. The van der Waals surface area contributed by atoms with Crippen LogP contribution in [0.5, 0.6) is 11.5 Å². The zero-order valence-electron chi connectivity index (χ0n) is 18.6. The number of hydrogen-bond donors (Lipinski definition) is 0. The molecular formula is C23H25FN2O5S2. The number of hydrogen-bond acceptors (Lipinski definition) is 6. The fraction of sp³-hybridized carbons (Fsp3) is 0.304. The van der Waals surface area contributed by atoms with Crippen LogP contribution in [0, 0.1) is 5.82 Å². The first kappa shape index (κ1) is 24.8. The van der Waals surface area contributed by atoms with Gasteiger partial charge in [0.15, 0.2) is 16.7 Å². The van der Waals surface area contributed by atoms with Gasteiger partial charge < -0.3 is 9.47 Å². The van der Waals surface area contributed by atoms with Crippen LogP contribution in [0.1, 0.15) is 32.3 Å². The first-order valence-corrected chi connectivity index (χ1v) is 12.7. The molecule has 0 radical (unpaired) electrons. The van der Waals surface area contributed by atoms with Gasteiger partial charge in [0.1, 0.15) is 5.82 Å². The number of carbonyl (C=O) groups excluding carboxylic acids is 1. The molecule has 2 aromatic carbocycles. The maximum Gasteiger partial charge on any atom is 0.284 e. The second-order valence-electron chi connectivity index (χ2n) is 7.08. The topological polar surface area (TPSA) is 85.3 Å². The van der Waals surface area contributed by atoms with E-state index < -0.39 is 15.8 Å². The van der Waals surface area contributed by atoms with Gasteiger partial charge in [0, 0.05) is 6.54 Å². The Labute approximate surface area is 197 Å². The molecule has 1 aliphatic rings. The van der Waals surface area contributed by atoms with Crippen LogP contribution in [0.3, 0.4) is 0 Å². The van der Waals surface area contributed by atoms with Crippen LogP contribution >= 0.6 is 11.8 Å². The van der Waals surface area contributed by atoms with Crippen LogP contribution in [0.4, 0.5) is 4.39 Å². The third kappa shape index (κ3) is 5.94. The van der Waals surface area contributed by atoms with E-state index in [0.717, 1.165) is 48.9 Å². The molecule has 176 valence electrons. The van der Waals surface area contributed by atoms with Gasteiger partial charge in [-0.25, -0.2) is 4.39 Å². The lowest BCUT2D eigenvalue weighted by molar-refractivity contribution is -0.122. The molecule has 1 amide bonds. The number of carbonyl (C=O) groups is 1. The first-order chi connectivity index (χ1) is 15.8. The summed E-state index contributed by atoms with van der Waals surface area (Å²) in [5.41, 5.74) is 0.698. The van der Waals surface area contributed by atoms with Crippen molar-refractivity contribution in [2.45, 2.75) is 31.6 Å². The normalized spacial score (nSPS) is 16.6. The van der Waals surface area contributed by atoms with Gasteiger partial charge >= 0.3 is 0 Å². The Hall–Kier alpha value is -2.85. The van der Waals surface area contributed by atoms with E-state index in [-0.39, 0.29) is 22.5 Å². The molecule has 2 aromatic rings. The molecule has 0 unspecified atom stereocenters. The summed E-state index contributed by atoms with van der Waals surface area (Å²) in [4.78, 5) is 14.3. The molecule has 0 N–H and O–H groups in total. The van der Waals surface area contributed by atoms with Gasteiger partial charge in [0.05, 0.1) is 23.5 Å². The SMILES string of the molecule is CCCCOc1ccc(/C=C2\S/C(=N\S(=O)(=O)c3ccc(F)cc3)N(CC)C2=O)cc1OC. The molecule has 0 bridgehead atoms. The number of rotatable bonds is 9. The maximum atomic E-state index is 13.2. The Morgan fingerprint density at radius 1 is 1.12 bits per heavy atom. The smallest absolute Gasteiger partial charge is 0.284 e. The lowest BCUT2D eigenvalue weighted by Gasteiger charge is -2.12. The molecule has 1 aliphatic heterocycles. The van der Waals surface area contributed by atoms with Crippen molar-refractivity contribution in [1.82, 2.24) is 4.90 Å². The molecule has 0 saturated carbocycles. The lowest BCUT2D eigenvalue weighted by Crippen LogP contribution is -2.29. The van der Waals surface area contributed by atoms with Crippen LogP contribution in [0.15, 0.2) is 56.7 Å². The van der Waals surface area contributed by atoms with Crippen molar-refractivity contribution in [2.24, 2.45) is 4.40 Å². The van der Waals surface area contributed by atoms with E-state index in [4.69, 9.17) is 9.47 Å². The molecule has 1 saturated heterocycles. The second-order valence-corrected chi connectivity index (χ2v) is 9.69. The summed E-state index contributed by atoms with van der Waals surface area (Å²) in [6, 6.07) is 9.70. The van der Waals surface area contributed by atoms with Crippen molar-refractivity contribution in [3.05, 3.63) is 58.8 Å². The van der Waals surface area contributed by atoms with E-state index in [9.17, 15) is 17.6 Å². The zero-order chi connectivity index (χ0) is 24.0. The van der Waals surface area contributed by atoms with Crippen LogP contribution in [-0.4, -0.2) is 44.7 Å². The van der Waals surface area contributed by atoms with Crippen molar-refractivity contribution in [2.75, 3.05) is 20.3 Å². The zero-order valence-corrected chi connectivity index (χ0v) is 20.2. The fourth-order valence-electron chi connectivity index (χ4n) is 2.99. The molecule has 0 aromatic heterocycles. The number of sulfonamides is 1. The van der Waals surface area contributed by atoms with E-state index in [1.807, 2.05) is 0 Å². The quantitative estimate of drug-likeness (QED) is 0.373. The van der Waals surface area contributed by atoms with Gasteiger partial charge in [0.2, 0.25) is 0 Å². The van der Waals surface area contributed by atoms with Gasteiger partial charge in [-0.2, -0.15) is 8.42 Å². The predicted octanol–water partition coefficient (Wildman–Crippen LogP) is 4.69. The number of amidine groups is 1. The lowest BCUT2D eigenvalue weighted by atomic mass is 10.2. The fourth-order valence-corrected chi connectivity index (χ4v) is 5.23. The first-order valence-electron chi connectivity index (χ1n) is 10.4. The molecular weight excluding hydrogens is 467 g/mol. The van der Waals surface area contributed by atoms with E-state index in [0.29, 0.717) is 28.6 Å². The number of likely N-dealkylation sites (N-methyl/N-ethyl adjacent to an activating group) is 1. The van der Waals surface area contributed by atoms with Gasteiger partial charge in [-0.05, 0) is 73.1 Å². The highest BCUT2D eigenvalue weighted by atomic mass is 32.2. The third-order valence-corrected chi connectivity index (χ3v) is 7.16. The van der Waals surface area contributed by atoms with Crippen LogP contribution in [0.25, 0.3) is 6.08 Å². The van der Waals surface area contributed by atoms with Gasteiger partial charge in [0.25, 0.3) is 15.9 Å². The molecule has 0 aliphatic carbocycles. The molecule has 0 atom stereocenters. The number of benzene rings is 2. The summed E-state index contributed by atoms with van der Waals surface area (Å²) < 4.78 is 53.4. The molecule has 0 spiro atoms. The van der Waals surface area contributed by atoms with Crippen LogP contribution in [0.2, 0.25) is 0 Å². The van der Waals surface area contributed by atoms with Gasteiger partial charge in [-0.1, -0.05) is 19.4 Å². The number of thioether (sulfide) groups is 1. The Bertz CT molecular complexity index is 1180. The van der Waals surface area contributed by atoms with Crippen molar-refractivity contribution < 1.29 is 27.1 Å². The number of unbranched alkanes of at least 4 members (excludes halogenated alkanes) is 1. The average molecular weight is 493 g/mol. The molecule has 1 heterocycles. The van der Waals surface area contributed by atoms with E-state index in [1.165, 1.54) is 12.0 Å². The van der Waals surface area contributed by atoms with Gasteiger partial charge in [-0.15, -0.1) is 4.40 Å². The summed E-state index contributed by atoms with van der Waals surface area (Å²) in [6.45, 7) is 4.63. The highest BCUT2D eigenvalue weighted by Gasteiger charge is 2.34. The summed E-state index contributed by atoms with van der Waals surface area (Å²) in [7, 11) is -2.57. The molecule has 10 heteroatoms. The molecule has 3 rings (SSSR count). The summed E-state index contributed by atoms with van der Waals surface area (Å²) in [6.07, 6.45) is 3.59. The number of ether oxygens (including phenoxy) is 2. The van der Waals surface area contributed by atoms with Crippen molar-refractivity contribution in [1.29, 1.82) is 0 Å². The predicted molar refractivity (Wildman–Crippen MR) is 127 cm³/mol. The van der Waals surface area contributed by atoms with Crippen LogP contribution in [-0.2, 0) is 14.8 Å². The van der Waals surface area contributed by atoms with Crippen LogP contribution < -0.4 is 9.47 Å². The molecule has 33 heavy (non-hydrogen) atoms. The standard InChI is InChI=1S/C23H25FN2O5S2/c1-4-6-13-31-19-12-7-16(14-20(19)30-3)15-21-22(27)26(5-2)23(32-21)25-33(28,29)18-10-8-17(24)9-11-18/h7-12,14-15H,4-6,13H2,1-3H3/b21-15-,25-23-. The van der Waals surface area contributed by atoms with E-state index in [2.05, 4.69) is 11.3 Å². The Morgan fingerprint density at radius 2 is 1.85 bits per heavy atom. The highest BCUT2D eigenvalue weighted by molar-refractivity contribution is 8.19. The molecule has 1 fully saturated rings. The second kappa shape index (κ2) is 10.8. The maximum absolute atomic E-state index is 13.2. The molecule has 7 nitrogen and oxygen atoms in total. The Kier molecular flexibility index (Phi) is 8.15. The number of methoxy groups -OCH3 is 1. The van der Waals surface area contributed by atoms with E-state index in [1.54, 1.807) is 31.2 Å². The number of amides is 1. The summed E-state index contributed by atoms with van der Waals surface area (Å²) >= 11 is 0.968.